The van der Waals surface area contributed by atoms with Crippen LogP contribution in [0.3, 0.4) is 0 Å². The quantitative estimate of drug-likeness (QED) is 0.571. The topological polar surface area (TPSA) is 83.1 Å². The third-order valence-electron chi connectivity index (χ3n) is 3.18. The van der Waals surface area contributed by atoms with Gasteiger partial charge in [0.25, 0.3) is 0 Å². The number of hydrogen-bond acceptors (Lipinski definition) is 6. The van der Waals surface area contributed by atoms with E-state index in [9.17, 15) is 9.59 Å². The Morgan fingerprint density at radius 2 is 1.84 bits per heavy atom. The lowest BCUT2D eigenvalue weighted by Crippen LogP contribution is -2.35. The van der Waals surface area contributed by atoms with E-state index in [0.29, 0.717) is 12.2 Å². The van der Waals surface area contributed by atoms with Gasteiger partial charge in [0.2, 0.25) is 0 Å². The molecule has 0 heterocycles. The molecule has 25 heavy (non-hydrogen) atoms. The summed E-state index contributed by atoms with van der Waals surface area (Å²) in [5.74, 6) is 0.210. The van der Waals surface area contributed by atoms with Crippen LogP contribution < -0.4 is 10.1 Å². The lowest BCUT2D eigenvalue weighted by atomic mass is 10.0. The number of carbonyl (C=O) groups is 2. The van der Waals surface area contributed by atoms with Gasteiger partial charge in [-0.15, -0.1) is 0 Å². The number of nitrogens with one attached hydrogen (secondary N) is 1. The molecule has 7 nitrogen and oxygen atoms in total. The van der Waals surface area contributed by atoms with E-state index in [-0.39, 0.29) is 19.2 Å². The average molecular weight is 353 g/mol. The lowest BCUT2D eigenvalue weighted by molar-refractivity contribution is -0.140. The minimum Gasteiger partial charge on any atom is -0.469 e. The van der Waals surface area contributed by atoms with Crippen LogP contribution in [0.25, 0.3) is 0 Å². The van der Waals surface area contributed by atoms with Crippen LogP contribution in [-0.4, -0.2) is 38.7 Å². The van der Waals surface area contributed by atoms with Gasteiger partial charge in [-0.2, -0.15) is 0 Å². The van der Waals surface area contributed by atoms with Crippen molar-refractivity contribution in [2.75, 3.05) is 21.0 Å². The van der Waals surface area contributed by atoms with Gasteiger partial charge in [0, 0.05) is 19.1 Å². The molecule has 1 amide bonds. The molecule has 0 aliphatic rings. The zero-order valence-corrected chi connectivity index (χ0v) is 15.5. The van der Waals surface area contributed by atoms with Crippen molar-refractivity contribution in [1.82, 2.24) is 5.32 Å². The van der Waals surface area contributed by atoms with Crippen LogP contribution in [0.1, 0.15) is 45.2 Å². The van der Waals surface area contributed by atoms with E-state index in [4.69, 9.17) is 14.2 Å². The third kappa shape index (κ3) is 7.89. The first-order valence-corrected chi connectivity index (χ1v) is 8.04. The second-order valence-corrected chi connectivity index (χ2v) is 6.40. The molecule has 7 heteroatoms. The molecule has 1 rings (SSSR count). The molecule has 1 aromatic rings. The molecule has 0 fully saturated rings. The normalized spacial score (nSPS) is 12.2. The fourth-order valence-electron chi connectivity index (χ4n) is 2.14. The van der Waals surface area contributed by atoms with Gasteiger partial charge in [0.05, 0.1) is 13.2 Å². The summed E-state index contributed by atoms with van der Waals surface area (Å²) in [6.45, 7) is 5.43. The first kappa shape index (κ1) is 20.8. The van der Waals surface area contributed by atoms with Crippen LogP contribution in [0.5, 0.6) is 5.75 Å². The zero-order chi connectivity index (χ0) is 18.9. The maximum atomic E-state index is 12.2. The van der Waals surface area contributed by atoms with E-state index < -0.39 is 17.7 Å². The average Bonchev–Trinajstić information content (AvgIpc) is 2.55. The summed E-state index contributed by atoms with van der Waals surface area (Å²) in [5, 5.41) is 2.80. The van der Waals surface area contributed by atoms with E-state index in [1.807, 2.05) is 18.2 Å². The number of benzene rings is 1. The Kier molecular flexibility index (Phi) is 8.21. The maximum absolute atomic E-state index is 12.2. The Bertz CT molecular complexity index is 567. The SMILES string of the molecule is COCOc1ccccc1C(CCC(=O)OC)NC(=O)OC(C)(C)C. The van der Waals surface area contributed by atoms with Crippen molar-refractivity contribution < 1.29 is 28.5 Å². The standard InChI is InChI=1S/C18H27NO6/c1-18(2,3)25-17(21)19-14(10-11-16(20)23-5)13-8-6-7-9-15(13)24-12-22-4/h6-9,14H,10-12H2,1-5H3,(H,19,21). The van der Waals surface area contributed by atoms with Gasteiger partial charge >= 0.3 is 12.1 Å². The molecule has 1 N–H and O–H groups in total. The molecular weight excluding hydrogens is 326 g/mol. The van der Waals surface area contributed by atoms with Gasteiger partial charge in [-0.05, 0) is 33.3 Å². The van der Waals surface area contributed by atoms with Gasteiger partial charge < -0.3 is 24.3 Å². The molecule has 0 bridgehead atoms. The van der Waals surface area contributed by atoms with Crippen molar-refractivity contribution in [3.05, 3.63) is 29.8 Å². The summed E-state index contributed by atoms with van der Waals surface area (Å²) in [4.78, 5) is 23.7. The van der Waals surface area contributed by atoms with Crippen molar-refractivity contribution in [3.63, 3.8) is 0 Å². The van der Waals surface area contributed by atoms with E-state index in [0.717, 1.165) is 5.56 Å². The van der Waals surface area contributed by atoms with Crippen LogP contribution in [0, 0.1) is 0 Å². The minimum absolute atomic E-state index is 0.0766. The number of amides is 1. The zero-order valence-electron chi connectivity index (χ0n) is 15.5. The Labute approximate surface area is 148 Å². The highest BCUT2D eigenvalue weighted by molar-refractivity contribution is 5.70. The smallest absolute Gasteiger partial charge is 0.408 e. The molecule has 1 unspecified atom stereocenters. The van der Waals surface area contributed by atoms with E-state index >= 15 is 0 Å². The van der Waals surface area contributed by atoms with Crippen LogP contribution >= 0.6 is 0 Å². The second kappa shape index (κ2) is 9.88. The molecule has 140 valence electrons. The minimum atomic E-state index is -0.622. The maximum Gasteiger partial charge on any atom is 0.408 e. The van der Waals surface area contributed by atoms with Gasteiger partial charge in [-0.3, -0.25) is 4.79 Å². The Balaban J connectivity index is 2.97. The van der Waals surface area contributed by atoms with Crippen molar-refractivity contribution in [1.29, 1.82) is 0 Å². The van der Waals surface area contributed by atoms with Crippen molar-refractivity contribution >= 4 is 12.1 Å². The lowest BCUT2D eigenvalue weighted by Gasteiger charge is -2.25. The molecule has 0 saturated carbocycles. The molecule has 0 aliphatic carbocycles. The predicted octanol–water partition coefficient (Wildman–Crippen LogP) is 3.19. The number of ether oxygens (including phenoxy) is 4. The third-order valence-corrected chi connectivity index (χ3v) is 3.18. The van der Waals surface area contributed by atoms with Crippen LogP contribution in [0.4, 0.5) is 4.79 Å². The molecule has 0 spiro atoms. The highest BCUT2D eigenvalue weighted by Crippen LogP contribution is 2.28. The monoisotopic (exact) mass is 353 g/mol. The summed E-state index contributed by atoms with van der Waals surface area (Å²) < 4.78 is 20.5. The molecule has 1 atom stereocenters. The Hall–Kier alpha value is -2.28. The van der Waals surface area contributed by atoms with E-state index in [1.165, 1.54) is 14.2 Å². The van der Waals surface area contributed by atoms with E-state index in [1.54, 1.807) is 26.8 Å². The van der Waals surface area contributed by atoms with Gasteiger partial charge in [-0.1, -0.05) is 18.2 Å². The van der Waals surface area contributed by atoms with Crippen molar-refractivity contribution in [2.24, 2.45) is 0 Å². The summed E-state index contributed by atoms with van der Waals surface area (Å²) in [5.41, 5.74) is 0.109. The number of para-hydroxylation sites is 1. The molecule has 1 aromatic carbocycles. The Morgan fingerprint density at radius 1 is 1.16 bits per heavy atom. The number of esters is 1. The first-order chi connectivity index (χ1) is 11.8. The van der Waals surface area contributed by atoms with Crippen molar-refractivity contribution in [3.8, 4) is 5.75 Å². The fourth-order valence-corrected chi connectivity index (χ4v) is 2.14. The number of hydrogen-bond donors (Lipinski definition) is 1. The highest BCUT2D eigenvalue weighted by Gasteiger charge is 2.23. The number of alkyl carbamates (subject to hydrolysis) is 1. The fraction of sp³-hybridized carbons (Fsp3) is 0.556. The number of rotatable bonds is 8. The molecule has 0 saturated heterocycles. The molecule has 0 aromatic heterocycles. The molecule has 0 radical (unpaired) electrons. The number of carbonyl (C=O) groups excluding carboxylic acids is 2. The molecule has 0 aliphatic heterocycles. The van der Waals surface area contributed by atoms with Crippen LogP contribution in [-0.2, 0) is 19.0 Å². The van der Waals surface area contributed by atoms with Crippen LogP contribution in [0.15, 0.2) is 24.3 Å². The van der Waals surface area contributed by atoms with Gasteiger partial charge in [0.1, 0.15) is 11.4 Å². The number of methoxy groups -OCH3 is 2. The highest BCUT2D eigenvalue weighted by atomic mass is 16.7. The molecular formula is C18H27NO6. The Morgan fingerprint density at radius 3 is 2.44 bits per heavy atom. The van der Waals surface area contributed by atoms with Crippen LogP contribution in [0.2, 0.25) is 0 Å². The van der Waals surface area contributed by atoms with Gasteiger partial charge in [0.15, 0.2) is 6.79 Å². The summed E-state index contributed by atoms with van der Waals surface area (Å²) in [6, 6.07) is 6.78. The summed E-state index contributed by atoms with van der Waals surface area (Å²) in [6.07, 6.45) is -0.0709. The summed E-state index contributed by atoms with van der Waals surface area (Å²) in [7, 11) is 2.85. The second-order valence-electron chi connectivity index (χ2n) is 6.40. The van der Waals surface area contributed by atoms with Crippen molar-refractivity contribution in [2.45, 2.75) is 45.3 Å². The largest absolute Gasteiger partial charge is 0.469 e. The van der Waals surface area contributed by atoms with E-state index in [2.05, 4.69) is 10.1 Å². The summed E-state index contributed by atoms with van der Waals surface area (Å²) >= 11 is 0. The van der Waals surface area contributed by atoms with Gasteiger partial charge in [-0.25, -0.2) is 4.79 Å². The first-order valence-electron chi connectivity index (χ1n) is 8.04. The predicted molar refractivity (Wildman–Crippen MR) is 92.3 cm³/mol.